The van der Waals surface area contributed by atoms with Crippen molar-refractivity contribution in [1.82, 2.24) is 10.3 Å². The number of nitrogens with zero attached hydrogens (tertiary/aromatic N) is 1. The number of pyridine rings is 1. The van der Waals surface area contributed by atoms with E-state index in [1.165, 1.54) is 24.3 Å². The van der Waals surface area contributed by atoms with Gasteiger partial charge in [-0.05, 0) is 24.3 Å². The molecule has 0 atom stereocenters. The zero-order chi connectivity index (χ0) is 17.0. The lowest BCUT2D eigenvalue weighted by atomic mass is 10.2. The second-order valence-electron chi connectivity index (χ2n) is 4.43. The maximum atomic E-state index is 13.3. The van der Waals surface area contributed by atoms with Gasteiger partial charge in [-0.1, -0.05) is 0 Å². The quantitative estimate of drug-likeness (QED) is 0.447. The van der Waals surface area contributed by atoms with Crippen LogP contribution in [-0.2, 0) is 0 Å². The molecule has 1 heterocycles. The van der Waals surface area contributed by atoms with Crippen molar-refractivity contribution in [3.05, 3.63) is 53.4 Å². The van der Waals surface area contributed by atoms with Crippen molar-refractivity contribution < 1.29 is 27.5 Å². The zero-order valence-electron chi connectivity index (χ0n) is 11.5. The highest BCUT2D eigenvalue weighted by molar-refractivity contribution is 5.94. The number of anilines is 1. The Morgan fingerprint density at radius 2 is 1.57 bits per heavy atom. The third-order valence-corrected chi connectivity index (χ3v) is 2.84. The van der Waals surface area contributed by atoms with Crippen LogP contribution in [0.25, 0.3) is 0 Å². The van der Waals surface area contributed by atoms with Gasteiger partial charge < -0.3 is 15.7 Å². The third-order valence-electron chi connectivity index (χ3n) is 2.84. The van der Waals surface area contributed by atoms with Crippen LogP contribution in [0, 0.1) is 23.5 Å². The Balaban J connectivity index is 1.91. The molecular weight excluding hydrogens is 318 g/mol. The minimum Gasteiger partial charge on any atom is -0.508 e. The first-order valence-corrected chi connectivity index (χ1v) is 6.41. The van der Waals surface area contributed by atoms with Gasteiger partial charge in [0, 0.05) is 18.7 Å². The minimum absolute atomic E-state index is 0.00379. The molecule has 0 saturated carbocycles. The number of benzene rings is 1. The number of hydrogen-bond donors (Lipinski definition) is 3. The van der Waals surface area contributed by atoms with Gasteiger partial charge in [-0.3, -0.25) is 4.79 Å². The molecule has 0 aliphatic heterocycles. The molecule has 1 amide bonds. The van der Waals surface area contributed by atoms with Crippen LogP contribution in [0.5, 0.6) is 5.75 Å². The number of aromatic nitrogens is 1. The molecule has 3 N–H and O–H groups in total. The van der Waals surface area contributed by atoms with E-state index in [4.69, 9.17) is 5.11 Å². The number of rotatable bonds is 5. The van der Waals surface area contributed by atoms with E-state index in [0.29, 0.717) is 0 Å². The van der Waals surface area contributed by atoms with E-state index in [0.717, 1.165) is 0 Å². The number of phenols is 1. The topological polar surface area (TPSA) is 74.2 Å². The van der Waals surface area contributed by atoms with Crippen LogP contribution in [0.4, 0.5) is 23.2 Å². The van der Waals surface area contributed by atoms with Crippen LogP contribution in [0.3, 0.4) is 0 Å². The van der Waals surface area contributed by atoms with E-state index in [-0.39, 0.29) is 24.4 Å². The maximum absolute atomic E-state index is 13.3. The number of phenolic OH excluding ortho intramolecular Hbond substituents is 1. The summed E-state index contributed by atoms with van der Waals surface area (Å²) >= 11 is 0. The average molecular weight is 329 g/mol. The first-order valence-electron chi connectivity index (χ1n) is 6.41. The Kier molecular flexibility index (Phi) is 4.99. The number of carbonyl (C=O) groups is 1. The fraction of sp³-hybridized carbons (Fsp3) is 0.143. The summed E-state index contributed by atoms with van der Waals surface area (Å²) in [6.07, 6.45) is 0. The van der Waals surface area contributed by atoms with Gasteiger partial charge in [0.25, 0.3) is 17.8 Å². The smallest absolute Gasteiger partial charge is 0.253 e. The van der Waals surface area contributed by atoms with Crippen molar-refractivity contribution in [3.63, 3.8) is 0 Å². The van der Waals surface area contributed by atoms with Gasteiger partial charge in [0.2, 0.25) is 11.6 Å². The number of aromatic hydroxyl groups is 1. The highest BCUT2D eigenvalue weighted by atomic mass is 19.2. The van der Waals surface area contributed by atoms with Gasteiger partial charge in [0.05, 0.1) is 0 Å². The summed E-state index contributed by atoms with van der Waals surface area (Å²) in [5, 5.41) is 13.7. The molecule has 1 aromatic heterocycles. The van der Waals surface area contributed by atoms with Gasteiger partial charge in [0.15, 0.2) is 0 Å². The SMILES string of the molecule is O=C(NCCNc1c(F)c(F)nc(F)c1F)c1ccc(O)cc1. The molecule has 2 aromatic rings. The first-order chi connectivity index (χ1) is 10.9. The van der Waals surface area contributed by atoms with Crippen LogP contribution in [0.2, 0.25) is 0 Å². The molecule has 5 nitrogen and oxygen atoms in total. The summed E-state index contributed by atoms with van der Waals surface area (Å²) in [5.41, 5.74) is -0.727. The molecule has 0 bridgehead atoms. The van der Waals surface area contributed by atoms with E-state index < -0.39 is 35.1 Å². The molecule has 9 heteroatoms. The van der Waals surface area contributed by atoms with E-state index >= 15 is 0 Å². The van der Waals surface area contributed by atoms with Gasteiger partial charge in [-0.25, -0.2) is 0 Å². The highest BCUT2D eigenvalue weighted by Crippen LogP contribution is 2.21. The van der Waals surface area contributed by atoms with E-state index in [1.807, 2.05) is 0 Å². The Labute approximate surface area is 128 Å². The van der Waals surface area contributed by atoms with Crippen LogP contribution < -0.4 is 10.6 Å². The fourth-order valence-corrected chi connectivity index (χ4v) is 1.72. The molecule has 0 spiro atoms. The predicted octanol–water partition coefficient (Wildman–Crippen LogP) is 2.19. The predicted molar refractivity (Wildman–Crippen MR) is 73.0 cm³/mol. The average Bonchev–Trinajstić information content (AvgIpc) is 2.52. The van der Waals surface area contributed by atoms with Crippen molar-refractivity contribution in [1.29, 1.82) is 0 Å². The summed E-state index contributed by atoms with van der Waals surface area (Å²) in [7, 11) is 0. The van der Waals surface area contributed by atoms with E-state index in [2.05, 4.69) is 15.6 Å². The number of nitrogens with one attached hydrogen (secondary N) is 2. The number of hydrogen-bond acceptors (Lipinski definition) is 4. The number of amides is 1. The second kappa shape index (κ2) is 6.95. The first kappa shape index (κ1) is 16.5. The minimum atomic E-state index is -1.76. The molecule has 0 aliphatic rings. The molecule has 0 radical (unpaired) electrons. The molecule has 0 fully saturated rings. The maximum Gasteiger partial charge on any atom is 0.253 e. The van der Waals surface area contributed by atoms with E-state index in [9.17, 15) is 22.4 Å². The van der Waals surface area contributed by atoms with E-state index in [1.54, 1.807) is 0 Å². The Hall–Kier alpha value is -2.84. The summed E-state index contributed by atoms with van der Waals surface area (Å²) in [6, 6.07) is 5.40. The zero-order valence-corrected chi connectivity index (χ0v) is 11.5. The lowest BCUT2D eigenvalue weighted by Gasteiger charge is -2.10. The summed E-state index contributed by atoms with van der Waals surface area (Å²) < 4.78 is 52.4. The van der Waals surface area contributed by atoms with Crippen molar-refractivity contribution in [2.45, 2.75) is 0 Å². The Bertz CT molecular complexity index is 697. The van der Waals surface area contributed by atoms with Gasteiger partial charge in [0.1, 0.15) is 11.4 Å². The summed E-state index contributed by atoms with van der Waals surface area (Å²) in [6.45, 7) is -0.245. The molecule has 122 valence electrons. The molecule has 2 rings (SSSR count). The number of halogens is 4. The fourth-order valence-electron chi connectivity index (χ4n) is 1.72. The van der Waals surface area contributed by atoms with Gasteiger partial charge in [-0.15, -0.1) is 0 Å². The lowest BCUT2D eigenvalue weighted by molar-refractivity contribution is 0.0955. The number of carbonyl (C=O) groups excluding carboxylic acids is 1. The third kappa shape index (κ3) is 3.87. The molecule has 0 saturated heterocycles. The largest absolute Gasteiger partial charge is 0.508 e. The van der Waals surface area contributed by atoms with Crippen molar-refractivity contribution in [2.75, 3.05) is 18.4 Å². The molecular formula is C14H11F4N3O2. The normalized spacial score (nSPS) is 10.4. The van der Waals surface area contributed by atoms with Crippen LogP contribution in [0.1, 0.15) is 10.4 Å². The van der Waals surface area contributed by atoms with Gasteiger partial charge in [-0.2, -0.15) is 22.5 Å². The van der Waals surface area contributed by atoms with Crippen LogP contribution >= 0.6 is 0 Å². The standard InChI is InChI=1S/C14H11F4N3O2/c15-9-11(10(16)13(18)21-12(9)17)19-5-6-20-14(23)7-1-3-8(22)4-2-7/h1-4,22H,5-6H2,(H,19,21)(H,20,23). The van der Waals surface area contributed by atoms with Crippen LogP contribution in [0.15, 0.2) is 24.3 Å². The van der Waals surface area contributed by atoms with Crippen molar-refractivity contribution in [2.24, 2.45) is 0 Å². The van der Waals surface area contributed by atoms with Crippen molar-refractivity contribution in [3.8, 4) is 5.75 Å². The monoisotopic (exact) mass is 329 g/mol. The summed E-state index contributed by atoms with van der Waals surface area (Å²) in [4.78, 5) is 14.1. The molecule has 1 aromatic carbocycles. The second-order valence-corrected chi connectivity index (χ2v) is 4.43. The highest BCUT2D eigenvalue weighted by Gasteiger charge is 2.20. The molecule has 0 unspecified atom stereocenters. The Morgan fingerprint density at radius 1 is 1.00 bits per heavy atom. The molecule has 23 heavy (non-hydrogen) atoms. The van der Waals surface area contributed by atoms with Gasteiger partial charge >= 0.3 is 0 Å². The van der Waals surface area contributed by atoms with Crippen LogP contribution in [-0.4, -0.2) is 29.1 Å². The Morgan fingerprint density at radius 3 is 2.13 bits per heavy atom. The van der Waals surface area contributed by atoms with Crippen molar-refractivity contribution >= 4 is 11.6 Å². The molecule has 0 aliphatic carbocycles. The summed E-state index contributed by atoms with van der Waals surface area (Å²) in [5.74, 6) is -7.31. The lowest BCUT2D eigenvalue weighted by Crippen LogP contribution is -2.29.